The number of aryl methyl sites for hydroxylation is 1. The van der Waals surface area contributed by atoms with Crippen molar-refractivity contribution in [1.82, 2.24) is 0 Å². The highest BCUT2D eigenvalue weighted by molar-refractivity contribution is 5.78. The van der Waals surface area contributed by atoms with Gasteiger partial charge in [-0.05, 0) is 30.7 Å². The lowest BCUT2D eigenvalue weighted by Gasteiger charge is -2.08. The molecule has 0 aliphatic rings. The molecule has 0 aliphatic carbocycles. The molecule has 0 aromatic heterocycles. The number of carbonyl (C=O) groups excluding carboxylic acids is 1. The Morgan fingerprint density at radius 1 is 1.67 bits per heavy atom. The SMILES string of the molecule is Cc1cc(OCC(=N)N)ccc1NC=O. The van der Waals surface area contributed by atoms with Crippen LogP contribution in [0.15, 0.2) is 18.2 Å². The number of ether oxygens (including phenoxy) is 1. The molecule has 0 spiro atoms. The van der Waals surface area contributed by atoms with E-state index < -0.39 is 0 Å². The molecule has 1 aromatic carbocycles. The molecule has 1 rings (SSSR count). The molecular weight excluding hydrogens is 194 g/mol. The minimum Gasteiger partial charge on any atom is -0.486 e. The van der Waals surface area contributed by atoms with Crippen LogP contribution in [-0.4, -0.2) is 18.9 Å². The lowest BCUT2D eigenvalue weighted by atomic mass is 10.2. The zero-order chi connectivity index (χ0) is 11.3. The lowest BCUT2D eigenvalue weighted by molar-refractivity contribution is -0.105. The summed E-state index contributed by atoms with van der Waals surface area (Å²) in [7, 11) is 0. The van der Waals surface area contributed by atoms with Crippen LogP contribution < -0.4 is 15.8 Å². The van der Waals surface area contributed by atoms with E-state index in [1.165, 1.54) is 0 Å². The number of benzene rings is 1. The van der Waals surface area contributed by atoms with Gasteiger partial charge in [0.1, 0.15) is 18.2 Å². The number of rotatable bonds is 5. The topological polar surface area (TPSA) is 88.2 Å². The Morgan fingerprint density at radius 3 is 2.93 bits per heavy atom. The van der Waals surface area contributed by atoms with Gasteiger partial charge in [0.15, 0.2) is 0 Å². The molecule has 0 heterocycles. The molecule has 0 bridgehead atoms. The fourth-order valence-electron chi connectivity index (χ4n) is 1.11. The Hall–Kier alpha value is -2.04. The van der Waals surface area contributed by atoms with Crippen LogP contribution in [0.3, 0.4) is 0 Å². The molecule has 1 aromatic rings. The molecule has 4 N–H and O–H groups in total. The zero-order valence-electron chi connectivity index (χ0n) is 8.41. The molecule has 5 nitrogen and oxygen atoms in total. The summed E-state index contributed by atoms with van der Waals surface area (Å²) < 4.78 is 5.22. The van der Waals surface area contributed by atoms with E-state index in [9.17, 15) is 4.79 Å². The largest absolute Gasteiger partial charge is 0.486 e. The van der Waals surface area contributed by atoms with Crippen molar-refractivity contribution in [3.8, 4) is 5.75 Å². The van der Waals surface area contributed by atoms with Crippen molar-refractivity contribution in [2.24, 2.45) is 5.73 Å². The van der Waals surface area contributed by atoms with Gasteiger partial charge in [0.25, 0.3) is 0 Å². The van der Waals surface area contributed by atoms with Crippen LogP contribution in [-0.2, 0) is 4.79 Å². The van der Waals surface area contributed by atoms with Gasteiger partial charge in [0.05, 0.1) is 0 Å². The van der Waals surface area contributed by atoms with E-state index in [-0.39, 0.29) is 12.4 Å². The summed E-state index contributed by atoms with van der Waals surface area (Å²) in [5.41, 5.74) is 6.78. The number of amidine groups is 1. The molecule has 0 fully saturated rings. The van der Waals surface area contributed by atoms with E-state index in [1.54, 1.807) is 18.2 Å². The molecule has 0 unspecified atom stereocenters. The standard InChI is InChI=1S/C10H13N3O2/c1-7-4-8(15-5-10(11)12)2-3-9(7)13-6-14/h2-4,6H,5H2,1H3,(H3,11,12)(H,13,14). The molecule has 0 saturated carbocycles. The second kappa shape index (κ2) is 4.99. The Kier molecular flexibility index (Phi) is 3.68. The molecule has 0 saturated heterocycles. The molecule has 5 heteroatoms. The number of hydrogen-bond donors (Lipinski definition) is 3. The predicted molar refractivity (Wildman–Crippen MR) is 58.3 cm³/mol. The third kappa shape index (κ3) is 3.30. The first kappa shape index (κ1) is 11.0. The summed E-state index contributed by atoms with van der Waals surface area (Å²) in [6, 6.07) is 5.22. The maximum absolute atomic E-state index is 10.2. The van der Waals surface area contributed by atoms with Gasteiger partial charge in [-0.3, -0.25) is 10.2 Å². The van der Waals surface area contributed by atoms with Gasteiger partial charge in [0.2, 0.25) is 6.41 Å². The number of nitrogens with one attached hydrogen (secondary N) is 2. The van der Waals surface area contributed by atoms with Crippen LogP contribution in [0.1, 0.15) is 5.56 Å². The molecular formula is C10H13N3O2. The number of nitrogens with two attached hydrogens (primary N) is 1. The van der Waals surface area contributed by atoms with Gasteiger partial charge < -0.3 is 15.8 Å². The normalized spacial score (nSPS) is 9.40. The minimum atomic E-state index is -0.0252. The summed E-state index contributed by atoms with van der Waals surface area (Å²) in [5, 5.41) is 9.56. The van der Waals surface area contributed by atoms with Crippen molar-refractivity contribution in [1.29, 1.82) is 5.41 Å². The average molecular weight is 207 g/mol. The Labute approximate surface area is 87.7 Å². The van der Waals surface area contributed by atoms with Crippen LogP contribution >= 0.6 is 0 Å². The Balaban J connectivity index is 2.72. The third-order valence-electron chi connectivity index (χ3n) is 1.81. The summed E-state index contributed by atoms with van der Waals surface area (Å²) in [6.45, 7) is 1.92. The monoisotopic (exact) mass is 207 g/mol. The summed E-state index contributed by atoms with van der Waals surface area (Å²) in [5.74, 6) is 0.599. The first-order chi connectivity index (χ1) is 7.13. The molecule has 0 aliphatic heterocycles. The summed E-state index contributed by atoms with van der Waals surface area (Å²) >= 11 is 0. The van der Waals surface area contributed by atoms with E-state index in [2.05, 4.69) is 5.32 Å². The van der Waals surface area contributed by atoms with Crippen molar-refractivity contribution < 1.29 is 9.53 Å². The molecule has 15 heavy (non-hydrogen) atoms. The van der Waals surface area contributed by atoms with Gasteiger partial charge in [-0.15, -0.1) is 0 Å². The predicted octanol–water partition coefficient (Wildman–Crippen LogP) is 0.878. The summed E-state index contributed by atoms with van der Waals surface area (Å²) in [6.07, 6.45) is 0.623. The molecule has 80 valence electrons. The second-order valence-electron chi connectivity index (χ2n) is 3.05. The highest BCUT2D eigenvalue weighted by Crippen LogP contribution is 2.20. The van der Waals surface area contributed by atoms with Crippen molar-refractivity contribution in [3.05, 3.63) is 23.8 Å². The van der Waals surface area contributed by atoms with Crippen LogP contribution in [0.5, 0.6) is 5.75 Å². The number of anilines is 1. The Bertz CT molecular complexity index is 377. The van der Waals surface area contributed by atoms with E-state index in [1.807, 2.05) is 6.92 Å². The zero-order valence-corrected chi connectivity index (χ0v) is 8.41. The number of carbonyl (C=O) groups is 1. The summed E-state index contributed by atoms with van der Waals surface area (Å²) in [4.78, 5) is 10.2. The highest BCUT2D eigenvalue weighted by atomic mass is 16.5. The van der Waals surface area contributed by atoms with Crippen LogP contribution in [0.25, 0.3) is 0 Å². The van der Waals surface area contributed by atoms with Gasteiger partial charge in [-0.2, -0.15) is 0 Å². The molecule has 0 atom stereocenters. The van der Waals surface area contributed by atoms with Gasteiger partial charge in [-0.25, -0.2) is 0 Å². The van der Waals surface area contributed by atoms with Gasteiger partial charge >= 0.3 is 0 Å². The van der Waals surface area contributed by atoms with E-state index in [4.69, 9.17) is 15.9 Å². The van der Waals surface area contributed by atoms with Crippen LogP contribution in [0, 0.1) is 12.3 Å². The Morgan fingerprint density at radius 2 is 2.40 bits per heavy atom. The van der Waals surface area contributed by atoms with Crippen molar-refractivity contribution >= 4 is 17.9 Å². The second-order valence-corrected chi connectivity index (χ2v) is 3.05. The maximum atomic E-state index is 10.2. The highest BCUT2D eigenvalue weighted by Gasteiger charge is 2.00. The van der Waals surface area contributed by atoms with E-state index in [0.717, 1.165) is 11.3 Å². The fraction of sp³-hybridized carbons (Fsp3) is 0.200. The van der Waals surface area contributed by atoms with Crippen LogP contribution in [0.4, 0.5) is 5.69 Å². The van der Waals surface area contributed by atoms with Gasteiger partial charge in [0, 0.05) is 5.69 Å². The van der Waals surface area contributed by atoms with E-state index in [0.29, 0.717) is 12.2 Å². The fourth-order valence-corrected chi connectivity index (χ4v) is 1.11. The molecule has 1 amide bonds. The minimum absolute atomic E-state index is 0.0252. The first-order valence-corrected chi connectivity index (χ1v) is 4.40. The van der Waals surface area contributed by atoms with Crippen molar-refractivity contribution in [2.75, 3.05) is 11.9 Å². The van der Waals surface area contributed by atoms with Gasteiger partial charge in [-0.1, -0.05) is 0 Å². The first-order valence-electron chi connectivity index (χ1n) is 4.40. The third-order valence-corrected chi connectivity index (χ3v) is 1.81. The lowest BCUT2D eigenvalue weighted by Crippen LogP contribution is -2.19. The smallest absolute Gasteiger partial charge is 0.211 e. The average Bonchev–Trinajstić information content (AvgIpc) is 2.19. The van der Waals surface area contributed by atoms with Crippen molar-refractivity contribution in [2.45, 2.75) is 6.92 Å². The molecule has 0 radical (unpaired) electrons. The number of amides is 1. The van der Waals surface area contributed by atoms with Crippen molar-refractivity contribution in [3.63, 3.8) is 0 Å². The quantitative estimate of drug-likeness (QED) is 0.380. The van der Waals surface area contributed by atoms with Crippen LogP contribution in [0.2, 0.25) is 0 Å². The van der Waals surface area contributed by atoms with E-state index >= 15 is 0 Å². The maximum Gasteiger partial charge on any atom is 0.211 e. The number of hydrogen-bond acceptors (Lipinski definition) is 3.